The molecule has 0 amide bonds. The SMILES string of the molecule is CC1(C)OCC(OCC(CN)(COC2COC(C)(C)OC2)COC2COC(C)(C)OC2)CO1. The van der Waals surface area contributed by atoms with E-state index >= 15 is 0 Å². The van der Waals surface area contributed by atoms with E-state index in [2.05, 4.69) is 0 Å². The molecule has 3 saturated heterocycles. The number of hydrogen-bond donors (Lipinski definition) is 1. The van der Waals surface area contributed by atoms with Gasteiger partial charge in [-0.1, -0.05) is 0 Å². The molecule has 0 aromatic rings. The van der Waals surface area contributed by atoms with Gasteiger partial charge in [0.05, 0.1) is 64.9 Å². The summed E-state index contributed by atoms with van der Waals surface area (Å²) < 4.78 is 52.8. The maximum absolute atomic E-state index is 6.26. The molecular weight excluding hydrogens is 434 g/mol. The van der Waals surface area contributed by atoms with E-state index in [0.717, 1.165) is 0 Å². The fourth-order valence-electron chi connectivity index (χ4n) is 3.51. The monoisotopic (exact) mass is 477 g/mol. The van der Waals surface area contributed by atoms with Gasteiger partial charge < -0.3 is 48.4 Å². The first-order valence-corrected chi connectivity index (χ1v) is 11.8. The minimum absolute atomic E-state index is 0.187. The molecule has 3 aliphatic heterocycles. The summed E-state index contributed by atoms with van der Waals surface area (Å²) in [6, 6.07) is 0. The second kappa shape index (κ2) is 11.1. The van der Waals surface area contributed by atoms with Crippen LogP contribution in [0, 0.1) is 5.41 Å². The Morgan fingerprint density at radius 1 is 0.576 bits per heavy atom. The lowest BCUT2D eigenvalue weighted by Gasteiger charge is -2.40. The van der Waals surface area contributed by atoms with Crippen LogP contribution >= 0.6 is 0 Å². The predicted molar refractivity (Wildman–Crippen MR) is 119 cm³/mol. The summed E-state index contributed by atoms with van der Waals surface area (Å²) in [6.45, 7) is 15.4. The van der Waals surface area contributed by atoms with E-state index in [4.69, 9.17) is 48.4 Å². The van der Waals surface area contributed by atoms with Crippen molar-refractivity contribution in [3.63, 3.8) is 0 Å². The smallest absolute Gasteiger partial charge is 0.163 e. The maximum atomic E-state index is 6.26. The lowest BCUT2D eigenvalue weighted by molar-refractivity contribution is -0.294. The minimum Gasteiger partial charge on any atom is -0.373 e. The van der Waals surface area contributed by atoms with Gasteiger partial charge in [-0.25, -0.2) is 0 Å². The Labute approximate surface area is 197 Å². The highest BCUT2D eigenvalue weighted by atomic mass is 16.7. The van der Waals surface area contributed by atoms with Crippen molar-refractivity contribution in [3.05, 3.63) is 0 Å². The molecule has 2 N–H and O–H groups in total. The first-order chi connectivity index (χ1) is 15.4. The van der Waals surface area contributed by atoms with Gasteiger partial charge in [0.2, 0.25) is 0 Å². The normalized spacial score (nSPS) is 27.0. The van der Waals surface area contributed by atoms with Crippen LogP contribution in [-0.2, 0) is 42.6 Å². The van der Waals surface area contributed by atoms with Crippen LogP contribution in [0.3, 0.4) is 0 Å². The number of ether oxygens (including phenoxy) is 9. The Bertz CT molecular complexity index is 504. The predicted octanol–water partition coefficient (Wildman–Crippen LogP) is 1.44. The van der Waals surface area contributed by atoms with Crippen LogP contribution in [0.4, 0.5) is 0 Å². The molecule has 3 heterocycles. The lowest BCUT2D eigenvalue weighted by atomic mass is 9.91. The second-order valence-electron chi connectivity index (χ2n) is 10.6. The van der Waals surface area contributed by atoms with E-state index in [9.17, 15) is 0 Å². The van der Waals surface area contributed by atoms with E-state index in [1.165, 1.54) is 0 Å². The molecule has 194 valence electrons. The van der Waals surface area contributed by atoms with Gasteiger partial charge in [-0.15, -0.1) is 0 Å². The van der Waals surface area contributed by atoms with Gasteiger partial charge in [-0.3, -0.25) is 0 Å². The third-order valence-corrected chi connectivity index (χ3v) is 6.01. The van der Waals surface area contributed by atoms with Gasteiger partial charge in [-0.2, -0.15) is 0 Å². The van der Waals surface area contributed by atoms with Gasteiger partial charge in [-0.05, 0) is 41.5 Å². The molecule has 0 saturated carbocycles. The standard InChI is InChI=1S/C23H43NO9/c1-20(2)28-7-17(8-29-20)25-14-23(13-24,15-26-18-9-30-21(3,4)31-10-18)16-27-19-11-32-22(5,6)33-12-19/h17-19H,7-16,24H2,1-6H3. The van der Waals surface area contributed by atoms with Gasteiger partial charge >= 0.3 is 0 Å². The third kappa shape index (κ3) is 8.64. The molecule has 0 atom stereocenters. The topological polar surface area (TPSA) is 109 Å². The zero-order valence-electron chi connectivity index (χ0n) is 21.1. The quantitative estimate of drug-likeness (QED) is 0.496. The summed E-state index contributed by atoms with van der Waals surface area (Å²) in [6.07, 6.45) is -0.560. The van der Waals surface area contributed by atoms with Crippen LogP contribution in [-0.4, -0.2) is 102 Å². The van der Waals surface area contributed by atoms with Crippen molar-refractivity contribution in [2.45, 2.75) is 77.2 Å². The number of hydrogen-bond acceptors (Lipinski definition) is 10. The average Bonchev–Trinajstić information content (AvgIpc) is 2.76. The summed E-state index contributed by atoms with van der Waals surface area (Å²) >= 11 is 0. The van der Waals surface area contributed by atoms with Crippen molar-refractivity contribution >= 4 is 0 Å². The third-order valence-electron chi connectivity index (χ3n) is 6.01. The van der Waals surface area contributed by atoms with Crippen molar-refractivity contribution in [3.8, 4) is 0 Å². The van der Waals surface area contributed by atoms with E-state index in [-0.39, 0.29) is 18.3 Å². The molecule has 3 fully saturated rings. The highest BCUT2D eigenvalue weighted by Crippen LogP contribution is 2.26. The zero-order chi connectivity index (χ0) is 24.2. The summed E-state index contributed by atoms with van der Waals surface area (Å²) in [5, 5.41) is 0. The summed E-state index contributed by atoms with van der Waals surface area (Å²) in [5.74, 6) is -1.79. The van der Waals surface area contributed by atoms with Crippen LogP contribution in [0.15, 0.2) is 0 Å². The minimum atomic E-state index is -0.597. The molecule has 10 heteroatoms. The molecule has 3 rings (SSSR count). The van der Waals surface area contributed by atoms with Crippen molar-refractivity contribution in [2.24, 2.45) is 11.1 Å². The Morgan fingerprint density at radius 2 is 0.818 bits per heavy atom. The highest BCUT2D eigenvalue weighted by molar-refractivity contribution is 4.84. The Hall–Kier alpha value is -0.400. The molecule has 0 aliphatic carbocycles. The zero-order valence-corrected chi connectivity index (χ0v) is 21.1. The van der Waals surface area contributed by atoms with Crippen LogP contribution < -0.4 is 5.73 Å². The molecule has 3 aliphatic rings. The molecule has 0 unspecified atom stereocenters. The van der Waals surface area contributed by atoms with E-state index in [0.29, 0.717) is 66.0 Å². The molecular formula is C23H43NO9. The Balaban J connectivity index is 1.56. The fraction of sp³-hybridized carbons (Fsp3) is 1.00. The van der Waals surface area contributed by atoms with Gasteiger partial charge in [0, 0.05) is 6.54 Å². The van der Waals surface area contributed by atoms with E-state index in [1.807, 2.05) is 41.5 Å². The van der Waals surface area contributed by atoms with Crippen molar-refractivity contribution in [1.29, 1.82) is 0 Å². The molecule has 0 bridgehead atoms. The Morgan fingerprint density at radius 3 is 1.03 bits per heavy atom. The van der Waals surface area contributed by atoms with Crippen LogP contribution in [0.5, 0.6) is 0 Å². The van der Waals surface area contributed by atoms with Crippen LogP contribution in [0.2, 0.25) is 0 Å². The number of nitrogens with two attached hydrogens (primary N) is 1. The summed E-state index contributed by atoms with van der Waals surface area (Å²) in [7, 11) is 0. The van der Waals surface area contributed by atoms with Gasteiger partial charge in [0.25, 0.3) is 0 Å². The first kappa shape index (κ1) is 27.2. The molecule has 33 heavy (non-hydrogen) atoms. The molecule has 10 nitrogen and oxygen atoms in total. The van der Waals surface area contributed by atoms with Crippen molar-refractivity contribution in [1.82, 2.24) is 0 Å². The summed E-state index contributed by atoms with van der Waals surface area (Å²) in [5.41, 5.74) is 5.68. The Kier molecular flexibility index (Phi) is 9.16. The average molecular weight is 478 g/mol. The van der Waals surface area contributed by atoms with Gasteiger partial charge in [0.15, 0.2) is 17.4 Å². The maximum Gasteiger partial charge on any atom is 0.163 e. The molecule has 0 aromatic carbocycles. The van der Waals surface area contributed by atoms with Gasteiger partial charge in [0.1, 0.15) is 18.3 Å². The second-order valence-corrected chi connectivity index (χ2v) is 10.6. The first-order valence-electron chi connectivity index (χ1n) is 11.8. The van der Waals surface area contributed by atoms with E-state index in [1.54, 1.807) is 0 Å². The molecule has 0 radical (unpaired) electrons. The fourth-order valence-corrected chi connectivity index (χ4v) is 3.51. The van der Waals surface area contributed by atoms with Crippen molar-refractivity contribution < 1.29 is 42.6 Å². The van der Waals surface area contributed by atoms with Crippen molar-refractivity contribution in [2.75, 3.05) is 66.0 Å². The number of rotatable bonds is 10. The largest absolute Gasteiger partial charge is 0.373 e. The highest BCUT2D eigenvalue weighted by Gasteiger charge is 2.38. The lowest BCUT2D eigenvalue weighted by Crippen LogP contribution is -2.51. The summed E-state index contributed by atoms with van der Waals surface area (Å²) in [4.78, 5) is 0. The van der Waals surface area contributed by atoms with E-state index < -0.39 is 22.8 Å². The molecule has 0 spiro atoms. The molecule has 0 aromatic heterocycles. The van der Waals surface area contributed by atoms with Crippen LogP contribution in [0.1, 0.15) is 41.5 Å². The van der Waals surface area contributed by atoms with Crippen LogP contribution in [0.25, 0.3) is 0 Å².